The van der Waals surface area contributed by atoms with Crippen LogP contribution in [0.2, 0.25) is 0 Å². The molecule has 0 saturated carbocycles. The molecule has 0 spiro atoms. The van der Waals surface area contributed by atoms with Crippen molar-refractivity contribution in [3.05, 3.63) is 64.7 Å². The Hall–Kier alpha value is -3.76. The third-order valence-corrected chi connectivity index (χ3v) is 8.38. The van der Waals surface area contributed by atoms with Gasteiger partial charge in [-0.1, -0.05) is 12.1 Å². The number of carbonyl (C=O) groups excluding carboxylic acids is 4. The summed E-state index contributed by atoms with van der Waals surface area (Å²) in [5, 5.41) is 5.69. The first-order chi connectivity index (χ1) is 19.5. The summed E-state index contributed by atoms with van der Waals surface area (Å²) in [5.41, 5.74) is 4.19. The molecular weight excluding hydrogens is 510 g/mol. The Morgan fingerprint density at radius 3 is 2.52 bits per heavy atom. The van der Waals surface area contributed by atoms with Gasteiger partial charge in [0, 0.05) is 56.0 Å². The molecule has 2 N–H and O–H groups in total. The van der Waals surface area contributed by atoms with Crippen molar-refractivity contribution >= 4 is 29.3 Å². The average molecular weight is 546 g/mol. The van der Waals surface area contributed by atoms with Crippen molar-refractivity contribution < 1.29 is 23.9 Å². The number of nitrogens with zero attached hydrogens (tertiary/aromatic N) is 3. The SMILES string of the molecule is O=C1CCC(N2Cc3cc(N4CCN(C(=O)c5cccc(COC6CCNCC6)c5)CC4)ccc3C2=O)C(=O)N1. The molecule has 0 aromatic heterocycles. The number of carbonyl (C=O) groups is 4. The van der Waals surface area contributed by atoms with Crippen LogP contribution in [0.5, 0.6) is 0 Å². The van der Waals surface area contributed by atoms with Crippen LogP contribution in [0.1, 0.15) is 57.5 Å². The number of rotatable bonds is 6. The van der Waals surface area contributed by atoms with Gasteiger partial charge in [-0.3, -0.25) is 24.5 Å². The molecule has 0 aliphatic carbocycles. The summed E-state index contributed by atoms with van der Waals surface area (Å²) >= 11 is 0. The molecule has 40 heavy (non-hydrogen) atoms. The first-order valence-corrected chi connectivity index (χ1v) is 14.2. The van der Waals surface area contributed by atoms with E-state index in [1.165, 1.54) is 0 Å². The van der Waals surface area contributed by atoms with E-state index in [4.69, 9.17) is 4.74 Å². The van der Waals surface area contributed by atoms with Crippen molar-refractivity contribution in [3.63, 3.8) is 0 Å². The molecule has 6 rings (SSSR count). The van der Waals surface area contributed by atoms with E-state index < -0.39 is 11.9 Å². The number of hydrogen-bond acceptors (Lipinski definition) is 7. The van der Waals surface area contributed by atoms with Crippen LogP contribution < -0.4 is 15.5 Å². The minimum atomic E-state index is -0.620. The highest BCUT2D eigenvalue weighted by Gasteiger charge is 2.39. The molecule has 210 valence electrons. The molecule has 4 heterocycles. The number of ether oxygens (including phenoxy) is 1. The molecule has 10 heteroatoms. The summed E-state index contributed by atoms with van der Waals surface area (Å²) in [6.07, 6.45) is 2.89. The maximum absolute atomic E-state index is 13.3. The van der Waals surface area contributed by atoms with Gasteiger partial charge in [-0.2, -0.15) is 0 Å². The number of hydrogen-bond donors (Lipinski definition) is 2. The van der Waals surface area contributed by atoms with Crippen molar-refractivity contribution in [2.24, 2.45) is 0 Å². The van der Waals surface area contributed by atoms with Gasteiger partial charge in [0.05, 0.1) is 12.7 Å². The topological polar surface area (TPSA) is 111 Å². The van der Waals surface area contributed by atoms with E-state index in [9.17, 15) is 19.2 Å². The predicted molar refractivity (Wildman–Crippen MR) is 148 cm³/mol. The molecule has 4 aliphatic heterocycles. The zero-order valence-corrected chi connectivity index (χ0v) is 22.6. The molecular formula is C30H35N5O5. The molecule has 4 amide bonds. The Kier molecular flexibility index (Phi) is 7.53. The van der Waals surface area contributed by atoms with E-state index in [1.54, 1.807) is 4.90 Å². The molecule has 4 aliphatic rings. The number of benzene rings is 2. The van der Waals surface area contributed by atoms with Crippen LogP contribution in [0.25, 0.3) is 0 Å². The maximum atomic E-state index is 13.3. The number of piperazine rings is 1. The van der Waals surface area contributed by atoms with Gasteiger partial charge in [-0.15, -0.1) is 0 Å². The van der Waals surface area contributed by atoms with Crippen molar-refractivity contribution in [1.82, 2.24) is 20.4 Å². The van der Waals surface area contributed by atoms with Gasteiger partial charge in [0.2, 0.25) is 11.8 Å². The first-order valence-electron chi connectivity index (χ1n) is 14.2. The third kappa shape index (κ3) is 5.46. The number of piperidine rings is 2. The molecule has 1 atom stereocenters. The fraction of sp³-hybridized carbons (Fsp3) is 0.467. The smallest absolute Gasteiger partial charge is 0.255 e. The third-order valence-electron chi connectivity index (χ3n) is 8.38. The molecule has 2 aromatic rings. The van der Waals surface area contributed by atoms with Gasteiger partial charge < -0.3 is 24.8 Å². The number of amides is 4. The van der Waals surface area contributed by atoms with Crippen LogP contribution in [0.3, 0.4) is 0 Å². The lowest BCUT2D eigenvalue weighted by Gasteiger charge is -2.36. The second-order valence-corrected chi connectivity index (χ2v) is 11.0. The van der Waals surface area contributed by atoms with Crippen LogP contribution in [0.4, 0.5) is 5.69 Å². The lowest BCUT2D eigenvalue weighted by Crippen LogP contribution is -2.52. The van der Waals surface area contributed by atoms with Crippen LogP contribution in [0.15, 0.2) is 42.5 Å². The van der Waals surface area contributed by atoms with E-state index in [1.807, 2.05) is 47.4 Å². The van der Waals surface area contributed by atoms with E-state index in [2.05, 4.69) is 15.5 Å². The van der Waals surface area contributed by atoms with Gasteiger partial charge in [0.15, 0.2) is 0 Å². The van der Waals surface area contributed by atoms with E-state index in [0.717, 1.165) is 42.7 Å². The zero-order valence-electron chi connectivity index (χ0n) is 22.6. The van der Waals surface area contributed by atoms with Gasteiger partial charge in [0.1, 0.15) is 6.04 Å². The summed E-state index contributed by atoms with van der Waals surface area (Å²) in [7, 11) is 0. The number of anilines is 1. The molecule has 0 bridgehead atoms. The van der Waals surface area contributed by atoms with Gasteiger partial charge in [-0.25, -0.2) is 0 Å². The average Bonchev–Trinajstić information content (AvgIpc) is 3.31. The zero-order chi connectivity index (χ0) is 27.6. The molecule has 1 unspecified atom stereocenters. The summed E-state index contributed by atoms with van der Waals surface area (Å²) in [6.45, 7) is 5.42. The predicted octanol–water partition coefficient (Wildman–Crippen LogP) is 1.68. The lowest BCUT2D eigenvalue weighted by molar-refractivity contribution is -0.136. The van der Waals surface area contributed by atoms with Crippen molar-refractivity contribution in [3.8, 4) is 0 Å². The summed E-state index contributed by atoms with van der Waals surface area (Å²) < 4.78 is 6.07. The standard InChI is InChI=1S/C30H35N5O5/c36-27-7-6-26(28(37)32-27)35-18-22-17-23(4-5-25(22)30(35)39)33-12-14-34(15-13-33)29(38)21-3-1-2-20(16-21)19-40-24-8-10-31-11-9-24/h1-5,16-17,24,26,31H,6-15,18-19H2,(H,32,36,37). The first kappa shape index (κ1) is 26.5. The lowest BCUT2D eigenvalue weighted by atomic mass is 10.0. The maximum Gasteiger partial charge on any atom is 0.255 e. The van der Waals surface area contributed by atoms with E-state index in [-0.39, 0.29) is 30.2 Å². The molecule has 10 nitrogen and oxygen atoms in total. The number of fused-ring (bicyclic) bond motifs is 1. The highest BCUT2D eigenvalue weighted by atomic mass is 16.5. The Morgan fingerprint density at radius 2 is 1.75 bits per heavy atom. The highest BCUT2D eigenvalue weighted by molar-refractivity contribution is 6.05. The largest absolute Gasteiger partial charge is 0.373 e. The van der Waals surface area contributed by atoms with E-state index in [0.29, 0.717) is 56.9 Å². The summed E-state index contributed by atoms with van der Waals surface area (Å²) in [5.74, 6) is -0.837. The minimum absolute atomic E-state index is 0.0304. The van der Waals surface area contributed by atoms with Crippen LogP contribution >= 0.6 is 0 Å². The Morgan fingerprint density at radius 1 is 0.950 bits per heavy atom. The van der Waals surface area contributed by atoms with Crippen LogP contribution in [-0.2, 0) is 27.5 Å². The Bertz CT molecular complexity index is 1320. The van der Waals surface area contributed by atoms with Crippen molar-refractivity contribution in [1.29, 1.82) is 0 Å². The molecule has 3 fully saturated rings. The quantitative estimate of drug-likeness (QED) is 0.532. The molecule has 2 aromatic carbocycles. The summed E-state index contributed by atoms with van der Waals surface area (Å²) in [6, 6.07) is 12.9. The second kappa shape index (κ2) is 11.4. The number of nitrogens with one attached hydrogen (secondary N) is 2. The highest BCUT2D eigenvalue weighted by Crippen LogP contribution is 2.31. The normalized spacial score (nSPS) is 21.9. The number of imide groups is 1. The van der Waals surface area contributed by atoms with Crippen molar-refractivity contribution in [2.75, 3.05) is 44.2 Å². The van der Waals surface area contributed by atoms with E-state index >= 15 is 0 Å². The molecule has 3 saturated heterocycles. The second-order valence-electron chi connectivity index (χ2n) is 11.0. The van der Waals surface area contributed by atoms with Crippen molar-refractivity contribution in [2.45, 2.75) is 51.0 Å². The van der Waals surface area contributed by atoms with Crippen LogP contribution in [0, 0.1) is 0 Å². The van der Waals surface area contributed by atoms with Gasteiger partial charge >= 0.3 is 0 Å². The fourth-order valence-corrected chi connectivity index (χ4v) is 6.08. The van der Waals surface area contributed by atoms with Gasteiger partial charge in [-0.05, 0) is 73.8 Å². The fourth-order valence-electron chi connectivity index (χ4n) is 6.08. The monoisotopic (exact) mass is 545 g/mol. The molecule has 0 radical (unpaired) electrons. The Balaban J connectivity index is 1.05. The Labute approximate surface area is 233 Å². The van der Waals surface area contributed by atoms with Crippen LogP contribution in [-0.4, -0.2) is 84.8 Å². The van der Waals surface area contributed by atoms with Gasteiger partial charge in [0.25, 0.3) is 11.8 Å². The summed E-state index contributed by atoms with van der Waals surface area (Å²) in [4.78, 5) is 55.8. The minimum Gasteiger partial charge on any atom is -0.373 e.